The van der Waals surface area contributed by atoms with Gasteiger partial charge in [0.15, 0.2) is 0 Å². The van der Waals surface area contributed by atoms with Gasteiger partial charge in [0, 0.05) is 17.4 Å². The van der Waals surface area contributed by atoms with E-state index in [1.165, 1.54) is 38.5 Å². The molecule has 5 heteroatoms. The zero-order valence-electron chi connectivity index (χ0n) is 23.5. The molecule has 5 nitrogen and oxygen atoms in total. The summed E-state index contributed by atoms with van der Waals surface area (Å²) in [6.07, 6.45) is 15.2. The number of fused-ring (bicyclic) bond motifs is 1. The van der Waals surface area contributed by atoms with Crippen molar-refractivity contribution in [2.45, 2.75) is 115 Å². The summed E-state index contributed by atoms with van der Waals surface area (Å²) in [6.45, 7) is 4.96. The number of rotatable bonds is 17. The quantitative estimate of drug-likeness (QED) is 0.180. The van der Waals surface area contributed by atoms with Crippen LogP contribution in [0.15, 0.2) is 42.5 Å². The first-order valence-electron chi connectivity index (χ1n) is 14.8. The minimum atomic E-state index is -0.620. The van der Waals surface area contributed by atoms with Crippen molar-refractivity contribution in [1.82, 2.24) is 0 Å². The Balaban J connectivity index is 1.44. The van der Waals surface area contributed by atoms with E-state index in [9.17, 15) is 20.1 Å². The predicted molar refractivity (Wildman–Crippen MR) is 153 cm³/mol. The molecule has 3 atom stereocenters. The number of hydrogen-bond acceptors (Lipinski definition) is 4. The molecule has 3 rings (SSSR count). The molecule has 0 aliphatic carbocycles. The van der Waals surface area contributed by atoms with Crippen LogP contribution in [0.2, 0.25) is 0 Å². The fraction of sp³-hybridized carbons (Fsp3) is 0.606. The fourth-order valence-corrected chi connectivity index (χ4v) is 6.04. The standard InChI is InChI=1S/C33H48O5/c1-3-4-5-11-14-25(32(36)37)15-12-9-7-6-8-10-13-16-30-29-22-21-28(35)23-31(29)38-24-33(30,2)26-17-19-27(34)20-18-26/h17-23,25,30,34-35H,3-16,24H2,1-2H3,(H,36,37)/t25?,30-,33-/m1/s1. The molecule has 1 unspecified atom stereocenters. The number of phenolic OH excluding ortho intramolecular Hbond substituents is 2. The third-order valence-corrected chi connectivity index (χ3v) is 8.50. The average Bonchev–Trinajstić information content (AvgIpc) is 2.90. The van der Waals surface area contributed by atoms with Crippen LogP contribution in [0.3, 0.4) is 0 Å². The first kappa shape index (κ1) is 29.9. The van der Waals surface area contributed by atoms with E-state index in [0.717, 1.165) is 68.2 Å². The van der Waals surface area contributed by atoms with Crippen molar-refractivity contribution in [3.8, 4) is 17.2 Å². The van der Waals surface area contributed by atoms with Gasteiger partial charge in [-0.2, -0.15) is 0 Å². The van der Waals surface area contributed by atoms with Crippen molar-refractivity contribution in [3.63, 3.8) is 0 Å². The van der Waals surface area contributed by atoms with Gasteiger partial charge in [-0.25, -0.2) is 0 Å². The highest BCUT2D eigenvalue weighted by molar-refractivity contribution is 5.69. The third kappa shape index (κ3) is 8.41. The Morgan fingerprint density at radius 2 is 1.45 bits per heavy atom. The Labute approximate surface area is 229 Å². The lowest BCUT2D eigenvalue weighted by atomic mass is 9.66. The van der Waals surface area contributed by atoms with E-state index in [1.54, 1.807) is 24.3 Å². The summed E-state index contributed by atoms with van der Waals surface area (Å²) in [5.74, 6) is 0.742. The molecule has 2 aromatic rings. The summed E-state index contributed by atoms with van der Waals surface area (Å²) in [5, 5.41) is 29.3. The lowest BCUT2D eigenvalue weighted by molar-refractivity contribution is -0.142. The topological polar surface area (TPSA) is 87.0 Å². The van der Waals surface area contributed by atoms with Crippen LogP contribution in [0.1, 0.15) is 121 Å². The van der Waals surface area contributed by atoms with Crippen molar-refractivity contribution in [3.05, 3.63) is 53.6 Å². The molecule has 0 aromatic heterocycles. The first-order valence-corrected chi connectivity index (χ1v) is 14.8. The Morgan fingerprint density at radius 1 is 0.868 bits per heavy atom. The zero-order chi connectivity index (χ0) is 27.4. The summed E-state index contributed by atoms with van der Waals surface area (Å²) in [7, 11) is 0. The highest BCUT2D eigenvalue weighted by Gasteiger charge is 2.42. The SMILES string of the molecule is CCCCCCC(CCCCCCCCC[C@@H]1c2ccc(O)cc2OC[C@]1(C)c1ccc(O)cc1)C(=O)O. The Morgan fingerprint density at radius 3 is 2.08 bits per heavy atom. The molecule has 0 fully saturated rings. The molecule has 1 heterocycles. The van der Waals surface area contributed by atoms with Crippen molar-refractivity contribution in [2.24, 2.45) is 5.92 Å². The molecule has 38 heavy (non-hydrogen) atoms. The first-order chi connectivity index (χ1) is 18.3. The molecule has 0 saturated heterocycles. The number of unbranched alkanes of at least 4 members (excludes halogenated alkanes) is 9. The number of carboxylic acid groups (broad SMARTS) is 1. The van der Waals surface area contributed by atoms with Gasteiger partial charge in [-0.05, 0) is 48.6 Å². The molecule has 0 bridgehead atoms. The fourth-order valence-electron chi connectivity index (χ4n) is 6.04. The smallest absolute Gasteiger partial charge is 0.306 e. The van der Waals surface area contributed by atoms with Gasteiger partial charge in [-0.1, -0.05) is 103 Å². The third-order valence-electron chi connectivity index (χ3n) is 8.50. The second kappa shape index (κ2) is 15.0. The molecular formula is C33H48O5. The number of benzene rings is 2. The van der Waals surface area contributed by atoms with Gasteiger partial charge >= 0.3 is 5.97 Å². The van der Waals surface area contributed by atoms with Gasteiger partial charge in [0.2, 0.25) is 0 Å². The van der Waals surface area contributed by atoms with E-state index in [1.807, 2.05) is 18.2 Å². The number of carboxylic acids is 1. The lowest BCUT2D eigenvalue weighted by Gasteiger charge is -2.43. The molecule has 0 amide bonds. The maximum absolute atomic E-state index is 11.5. The summed E-state index contributed by atoms with van der Waals surface area (Å²) in [4.78, 5) is 11.5. The molecule has 1 aliphatic rings. The van der Waals surface area contributed by atoms with Gasteiger partial charge in [0.1, 0.15) is 17.2 Å². The minimum Gasteiger partial charge on any atom is -0.508 e. The molecular weight excluding hydrogens is 476 g/mol. The van der Waals surface area contributed by atoms with E-state index in [0.29, 0.717) is 6.61 Å². The number of aliphatic carboxylic acids is 1. The van der Waals surface area contributed by atoms with Gasteiger partial charge in [-0.15, -0.1) is 0 Å². The molecule has 0 radical (unpaired) electrons. The normalized spacial score (nSPS) is 19.5. The van der Waals surface area contributed by atoms with Crippen LogP contribution >= 0.6 is 0 Å². The maximum Gasteiger partial charge on any atom is 0.306 e. The summed E-state index contributed by atoms with van der Waals surface area (Å²) in [6, 6.07) is 13.0. The molecule has 0 spiro atoms. The van der Waals surface area contributed by atoms with Gasteiger partial charge < -0.3 is 20.1 Å². The Bertz CT molecular complexity index is 985. The summed E-state index contributed by atoms with van der Waals surface area (Å²) < 4.78 is 6.12. The number of aromatic hydroxyl groups is 2. The van der Waals surface area contributed by atoms with Crippen molar-refractivity contribution in [2.75, 3.05) is 6.61 Å². The average molecular weight is 525 g/mol. The van der Waals surface area contributed by atoms with Gasteiger partial charge in [0.25, 0.3) is 0 Å². The Hall–Kier alpha value is -2.69. The van der Waals surface area contributed by atoms with E-state index >= 15 is 0 Å². The van der Waals surface area contributed by atoms with Crippen LogP contribution in [-0.2, 0) is 10.2 Å². The second-order valence-electron chi connectivity index (χ2n) is 11.5. The summed E-state index contributed by atoms with van der Waals surface area (Å²) in [5.41, 5.74) is 2.09. The second-order valence-corrected chi connectivity index (χ2v) is 11.5. The van der Waals surface area contributed by atoms with Crippen LogP contribution in [0, 0.1) is 5.92 Å². The van der Waals surface area contributed by atoms with Crippen LogP contribution in [0.25, 0.3) is 0 Å². The van der Waals surface area contributed by atoms with Crippen LogP contribution < -0.4 is 4.74 Å². The monoisotopic (exact) mass is 524 g/mol. The minimum absolute atomic E-state index is 0.168. The van der Waals surface area contributed by atoms with Gasteiger partial charge in [0.05, 0.1) is 12.5 Å². The maximum atomic E-state index is 11.5. The van der Waals surface area contributed by atoms with Crippen LogP contribution in [0.4, 0.5) is 0 Å². The van der Waals surface area contributed by atoms with E-state index < -0.39 is 5.97 Å². The zero-order valence-corrected chi connectivity index (χ0v) is 23.5. The number of ether oxygens (including phenoxy) is 1. The van der Waals surface area contributed by atoms with Gasteiger partial charge in [-0.3, -0.25) is 4.79 Å². The van der Waals surface area contributed by atoms with Crippen molar-refractivity contribution >= 4 is 5.97 Å². The number of carbonyl (C=O) groups is 1. The van der Waals surface area contributed by atoms with Crippen LogP contribution in [-0.4, -0.2) is 27.9 Å². The van der Waals surface area contributed by atoms with E-state index in [-0.39, 0.29) is 28.7 Å². The molecule has 2 aromatic carbocycles. The van der Waals surface area contributed by atoms with Crippen LogP contribution in [0.5, 0.6) is 17.2 Å². The predicted octanol–water partition coefficient (Wildman–Crippen LogP) is 8.71. The molecule has 3 N–H and O–H groups in total. The lowest BCUT2D eigenvalue weighted by Crippen LogP contribution is -2.40. The van der Waals surface area contributed by atoms with Crippen molar-refractivity contribution in [1.29, 1.82) is 0 Å². The Kier molecular flexibility index (Phi) is 11.8. The summed E-state index contributed by atoms with van der Waals surface area (Å²) >= 11 is 0. The highest BCUT2D eigenvalue weighted by atomic mass is 16.5. The highest BCUT2D eigenvalue weighted by Crippen LogP contribution is 2.49. The van der Waals surface area contributed by atoms with E-state index in [2.05, 4.69) is 13.8 Å². The molecule has 1 aliphatic heterocycles. The van der Waals surface area contributed by atoms with E-state index in [4.69, 9.17) is 4.74 Å². The molecule has 0 saturated carbocycles. The molecule has 210 valence electrons. The number of hydrogen-bond donors (Lipinski definition) is 3. The van der Waals surface area contributed by atoms with Crippen molar-refractivity contribution < 1.29 is 24.9 Å². The largest absolute Gasteiger partial charge is 0.508 e. The number of phenols is 2.